The Bertz CT molecular complexity index is 1150. The van der Waals surface area contributed by atoms with Crippen molar-refractivity contribution in [2.45, 2.75) is 19.8 Å². The van der Waals surface area contributed by atoms with E-state index in [4.69, 9.17) is 4.74 Å². The second-order valence-corrected chi connectivity index (χ2v) is 8.65. The van der Waals surface area contributed by atoms with Crippen LogP contribution in [0.4, 0.5) is 16.4 Å². The highest BCUT2D eigenvalue weighted by Gasteiger charge is 2.30. The van der Waals surface area contributed by atoms with E-state index >= 15 is 0 Å². The van der Waals surface area contributed by atoms with E-state index in [1.54, 1.807) is 55.6 Å². The molecule has 1 saturated carbocycles. The van der Waals surface area contributed by atoms with E-state index in [1.165, 1.54) is 11.3 Å². The van der Waals surface area contributed by atoms with E-state index in [-0.39, 0.29) is 23.6 Å². The fourth-order valence-corrected chi connectivity index (χ4v) is 4.08. The van der Waals surface area contributed by atoms with Gasteiger partial charge in [0, 0.05) is 22.9 Å². The number of aryl methyl sites for hydroxylation is 1. The summed E-state index contributed by atoms with van der Waals surface area (Å²) >= 11 is 1.26. The lowest BCUT2D eigenvalue weighted by atomic mass is 10.2. The monoisotopic (exact) mass is 449 g/mol. The molecule has 3 aromatic rings. The lowest BCUT2D eigenvalue weighted by Crippen LogP contribution is -2.13. The molecule has 0 unspecified atom stereocenters. The van der Waals surface area contributed by atoms with Gasteiger partial charge in [0.15, 0.2) is 0 Å². The Hall–Kier alpha value is -3.65. The van der Waals surface area contributed by atoms with E-state index in [9.17, 15) is 14.4 Å². The summed E-state index contributed by atoms with van der Waals surface area (Å²) in [5.74, 6) is 0.325. The minimum absolute atomic E-state index is 0.0155. The molecule has 8 heteroatoms. The number of anilines is 3. The fraction of sp³-hybridized carbons (Fsp3) is 0.208. The van der Waals surface area contributed by atoms with E-state index in [0.717, 1.165) is 18.4 Å². The SMILES string of the molecule is COc1ccc(NC(=O)c2ccc(NC(=O)c3sc(NC(=O)C4CC4)cc3C)cc2)cc1. The highest BCUT2D eigenvalue weighted by atomic mass is 32.1. The summed E-state index contributed by atoms with van der Waals surface area (Å²) in [4.78, 5) is 37.6. The summed E-state index contributed by atoms with van der Waals surface area (Å²) in [6.07, 6.45) is 1.86. The smallest absolute Gasteiger partial charge is 0.266 e. The number of carbonyl (C=O) groups is 3. The van der Waals surface area contributed by atoms with Gasteiger partial charge in [0.25, 0.3) is 11.8 Å². The Kier molecular flexibility index (Phi) is 6.23. The first-order chi connectivity index (χ1) is 15.4. The topological polar surface area (TPSA) is 96.5 Å². The van der Waals surface area contributed by atoms with Crippen molar-refractivity contribution in [2.75, 3.05) is 23.1 Å². The quantitative estimate of drug-likeness (QED) is 0.477. The number of ether oxygens (including phenoxy) is 1. The number of hydrogen-bond acceptors (Lipinski definition) is 5. The van der Waals surface area contributed by atoms with E-state index < -0.39 is 0 Å². The van der Waals surface area contributed by atoms with Gasteiger partial charge in [0.05, 0.1) is 17.0 Å². The largest absolute Gasteiger partial charge is 0.497 e. The number of amides is 3. The molecule has 164 valence electrons. The van der Waals surface area contributed by atoms with Crippen LogP contribution in [0.15, 0.2) is 54.6 Å². The van der Waals surface area contributed by atoms with Crippen molar-refractivity contribution in [3.8, 4) is 5.75 Å². The minimum atomic E-state index is -0.255. The molecule has 0 aliphatic heterocycles. The zero-order chi connectivity index (χ0) is 22.7. The number of hydrogen-bond donors (Lipinski definition) is 3. The molecule has 0 radical (unpaired) electrons. The maximum absolute atomic E-state index is 12.7. The predicted molar refractivity (Wildman–Crippen MR) is 126 cm³/mol. The molecular weight excluding hydrogens is 426 g/mol. The fourth-order valence-electron chi connectivity index (χ4n) is 3.11. The van der Waals surface area contributed by atoms with Gasteiger partial charge in [-0.25, -0.2) is 0 Å². The third-order valence-corrected chi connectivity index (χ3v) is 6.22. The van der Waals surface area contributed by atoms with Gasteiger partial charge in [-0.2, -0.15) is 0 Å². The molecule has 1 aliphatic carbocycles. The van der Waals surface area contributed by atoms with Crippen LogP contribution < -0.4 is 20.7 Å². The van der Waals surface area contributed by atoms with E-state index in [1.807, 2.05) is 13.0 Å². The van der Waals surface area contributed by atoms with Crippen LogP contribution in [0.3, 0.4) is 0 Å². The van der Waals surface area contributed by atoms with Crippen molar-refractivity contribution in [3.05, 3.63) is 70.6 Å². The molecule has 7 nitrogen and oxygen atoms in total. The molecule has 1 aromatic heterocycles. The van der Waals surface area contributed by atoms with Crippen LogP contribution in [0, 0.1) is 12.8 Å². The normalized spacial score (nSPS) is 12.7. The van der Waals surface area contributed by atoms with Crippen LogP contribution in [-0.2, 0) is 4.79 Å². The van der Waals surface area contributed by atoms with E-state index in [2.05, 4.69) is 16.0 Å². The average molecular weight is 450 g/mol. The average Bonchev–Trinajstić information content (AvgIpc) is 3.58. The van der Waals surface area contributed by atoms with Crippen molar-refractivity contribution >= 4 is 45.4 Å². The first-order valence-corrected chi connectivity index (χ1v) is 11.0. The van der Waals surface area contributed by atoms with Crippen molar-refractivity contribution in [1.29, 1.82) is 0 Å². The predicted octanol–water partition coefficient (Wildman–Crippen LogP) is 4.92. The molecular formula is C24H23N3O4S. The van der Waals surface area contributed by atoms with Gasteiger partial charge in [0.2, 0.25) is 5.91 Å². The van der Waals surface area contributed by atoms with Gasteiger partial charge >= 0.3 is 0 Å². The lowest BCUT2D eigenvalue weighted by Gasteiger charge is -2.08. The zero-order valence-corrected chi connectivity index (χ0v) is 18.5. The Balaban J connectivity index is 1.36. The van der Waals surface area contributed by atoms with Crippen LogP contribution >= 0.6 is 11.3 Å². The third kappa shape index (κ3) is 5.15. The molecule has 0 bridgehead atoms. The number of methoxy groups -OCH3 is 1. The number of carbonyl (C=O) groups excluding carboxylic acids is 3. The molecule has 3 amide bonds. The Morgan fingerprint density at radius 1 is 0.875 bits per heavy atom. The number of thiophene rings is 1. The van der Waals surface area contributed by atoms with Crippen molar-refractivity contribution < 1.29 is 19.1 Å². The van der Waals surface area contributed by atoms with Gasteiger partial charge in [-0.05, 0) is 79.9 Å². The first-order valence-electron chi connectivity index (χ1n) is 10.2. The lowest BCUT2D eigenvalue weighted by molar-refractivity contribution is -0.117. The van der Waals surface area contributed by atoms with Crippen LogP contribution in [0.1, 0.15) is 38.4 Å². The number of benzene rings is 2. The van der Waals surface area contributed by atoms with Gasteiger partial charge in [0.1, 0.15) is 5.75 Å². The number of rotatable bonds is 7. The molecule has 32 heavy (non-hydrogen) atoms. The second-order valence-electron chi connectivity index (χ2n) is 7.60. The van der Waals surface area contributed by atoms with Gasteiger partial charge < -0.3 is 20.7 Å². The second kappa shape index (κ2) is 9.23. The van der Waals surface area contributed by atoms with E-state index in [0.29, 0.717) is 32.6 Å². The highest BCUT2D eigenvalue weighted by molar-refractivity contribution is 7.18. The molecule has 4 rings (SSSR count). The van der Waals surface area contributed by atoms with Crippen molar-refractivity contribution in [2.24, 2.45) is 5.92 Å². The molecule has 1 aliphatic rings. The third-order valence-electron chi connectivity index (χ3n) is 5.07. The highest BCUT2D eigenvalue weighted by Crippen LogP contribution is 2.33. The molecule has 0 atom stereocenters. The molecule has 1 heterocycles. The van der Waals surface area contributed by atoms with Crippen LogP contribution in [0.25, 0.3) is 0 Å². The van der Waals surface area contributed by atoms with Gasteiger partial charge in [-0.15, -0.1) is 11.3 Å². The van der Waals surface area contributed by atoms with Gasteiger partial charge in [-0.1, -0.05) is 0 Å². The maximum atomic E-state index is 12.7. The van der Waals surface area contributed by atoms with Crippen LogP contribution in [0.5, 0.6) is 5.75 Å². The van der Waals surface area contributed by atoms with Gasteiger partial charge in [-0.3, -0.25) is 14.4 Å². The summed E-state index contributed by atoms with van der Waals surface area (Å²) in [6.45, 7) is 1.84. The standard InChI is InChI=1S/C24H23N3O4S/c1-14-13-20(27-23(29)15-3-4-15)32-21(14)24(30)26-17-7-5-16(6-8-17)22(28)25-18-9-11-19(31-2)12-10-18/h5-13,15H,3-4H2,1-2H3,(H,25,28)(H,26,30)(H,27,29). The summed E-state index contributed by atoms with van der Waals surface area (Å²) in [6, 6.07) is 15.5. The molecule has 1 fully saturated rings. The van der Waals surface area contributed by atoms with Crippen LogP contribution in [-0.4, -0.2) is 24.8 Å². The summed E-state index contributed by atoms with van der Waals surface area (Å²) in [5.41, 5.74) is 2.50. The Morgan fingerprint density at radius 3 is 2.06 bits per heavy atom. The molecule has 2 aromatic carbocycles. The molecule has 0 saturated heterocycles. The van der Waals surface area contributed by atoms with Crippen molar-refractivity contribution in [3.63, 3.8) is 0 Å². The zero-order valence-electron chi connectivity index (χ0n) is 17.7. The summed E-state index contributed by atoms with van der Waals surface area (Å²) < 4.78 is 5.11. The molecule has 3 N–H and O–H groups in total. The minimum Gasteiger partial charge on any atom is -0.497 e. The first kappa shape index (κ1) is 21.6. The Morgan fingerprint density at radius 2 is 1.47 bits per heavy atom. The van der Waals surface area contributed by atoms with Crippen LogP contribution in [0.2, 0.25) is 0 Å². The van der Waals surface area contributed by atoms with Crippen molar-refractivity contribution in [1.82, 2.24) is 0 Å². The summed E-state index contributed by atoms with van der Waals surface area (Å²) in [7, 11) is 1.58. The number of nitrogens with one attached hydrogen (secondary N) is 3. The maximum Gasteiger partial charge on any atom is 0.266 e. The Labute approximate surface area is 189 Å². The summed E-state index contributed by atoms with van der Waals surface area (Å²) in [5, 5.41) is 9.22. The molecule has 0 spiro atoms.